The molecule has 0 spiro atoms. The van der Waals surface area contributed by atoms with E-state index < -0.39 is 5.54 Å². The maximum atomic E-state index is 12.3. The zero-order chi connectivity index (χ0) is 14.2. The number of piperazine rings is 1. The van der Waals surface area contributed by atoms with E-state index in [9.17, 15) is 4.79 Å². The van der Waals surface area contributed by atoms with E-state index in [2.05, 4.69) is 4.98 Å². The van der Waals surface area contributed by atoms with Crippen LogP contribution in [0.4, 0.5) is 5.82 Å². The fourth-order valence-corrected chi connectivity index (χ4v) is 2.44. The van der Waals surface area contributed by atoms with Gasteiger partial charge < -0.3 is 15.5 Å². The van der Waals surface area contributed by atoms with Crippen LogP contribution < -0.4 is 10.6 Å². The first-order valence-electron chi connectivity index (χ1n) is 6.14. The Balaban J connectivity index is 2.38. The van der Waals surface area contributed by atoms with E-state index in [1.54, 1.807) is 11.0 Å². The quantitative estimate of drug-likeness (QED) is 0.810. The summed E-state index contributed by atoms with van der Waals surface area (Å²) in [6, 6.07) is 5.51. The molecule has 0 atom stereocenters. The molecule has 1 aromatic heterocycles. The van der Waals surface area contributed by atoms with Crippen LogP contribution in [0, 0.1) is 0 Å². The molecule has 1 aliphatic rings. The Hall–Kier alpha value is -1.69. The number of hydrogen-bond acceptors (Lipinski definition) is 4. The van der Waals surface area contributed by atoms with E-state index in [-0.39, 0.29) is 10.9 Å². The molecule has 0 radical (unpaired) electrons. The molecule has 1 aliphatic heterocycles. The van der Waals surface area contributed by atoms with Crippen molar-refractivity contribution in [3.63, 3.8) is 0 Å². The summed E-state index contributed by atoms with van der Waals surface area (Å²) in [5.41, 5.74) is 5.57. The van der Waals surface area contributed by atoms with Crippen LogP contribution in [0.5, 0.6) is 0 Å². The smallest absolute Gasteiger partial charge is 0.247 e. The zero-order valence-electron chi connectivity index (χ0n) is 11.4. The first-order chi connectivity index (χ1) is 8.84. The predicted octanol–water partition coefficient (Wildman–Crippen LogP) is 0.773. The maximum Gasteiger partial charge on any atom is 0.247 e. The van der Waals surface area contributed by atoms with Gasteiger partial charge in [0.05, 0.1) is 5.69 Å². The molecule has 102 valence electrons. The Bertz CT molecular complexity index is 529. The summed E-state index contributed by atoms with van der Waals surface area (Å²) in [6.07, 6.45) is 0. The third kappa shape index (κ3) is 2.40. The van der Waals surface area contributed by atoms with Crippen LogP contribution in [0.3, 0.4) is 0 Å². The minimum absolute atomic E-state index is 0.0845. The number of pyridine rings is 1. The van der Waals surface area contributed by atoms with Gasteiger partial charge in [-0.15, -0.1) is 0 Å². The Kier molecular flexibility index (Phi) is 3.45. The number of aromatic nitrogens is 1. The summed E-state index contributed by atoms with van der Waals surface area (Å²) < 4.78 is 0. The van der Waals surface area contributed by atoms with Crippen LogP contribution in [0.1, 0.15) is 19.5 Å². The van der Waals surface area contributed by atoms with Gasteiger partial charge in [-0.25, -0.2) is 4.98 Å². The summed E-state index contributed by atoms with van der Waals surface area (Å²) in [5.74, 6) is 0.818. The molecule has 19 heavy (non-hydrogen) atoms. The molecule has 1 aromatic rings. The van der Waals surface area contributed by atoms with Gasteiger partial charge in [-0.2, -0.15) is 0 Å². The molecule has 0 saturated carbocycles. The highest BCUT2D eigenvalue weighted by Crippen LogP contribution is 2.27. The van der Waals surface area contributed by atoms with E-state index in [1.807, 2.05) is 37.9 Å². The second kappa shape index (κ2) is 4.77. The second-order valence-electron chi connectivity index (χ2n) is 5.18. The number of likely N-dealkylation sites (N-methyl/N-ethyl adjacent to an activating group) is 1. The van der Waals surface area contributed by atoms with Crippen molar-refractivity contribution < 1.29 is 4.79 Å². The van der Waals surface area contributed by atoms with Crippen molar-refractivity contribution in [3.05, 3.63) is 23.9 Å². The molecule has 0 bridgehead atoms. The molecule has 1 saturated heterocycles. The third-order valence-electron chi connectivity index (χ3n) is 3.47. The number of carbonyl (C=O) groups is 1. The SMILES string of the molecule is CN1CCN(c2cccc(C(N)=S)n2)C(C)(C)C1=O. The van der Waals surface area contributed by atoms with Crippen molar-refractivity contribution in [3.8, 4) is 0 Å². The van der Waals surface area contributed by atoms with Crippen molar-refractivity contribution in [2.45, 2.75) is 19.4 Å². The maximum absolute atomic E-state index is 12.3. The van der Waals surface area contributed by atoms with Gasteiger partial charge in [0.1, 0.15) is 16.3 Å². The lowest BCUT2D eigenvalue weighted by Gasteiger charge is -2.45. The number of thiocarbonyl (C=S) groups is 1. The van der Waals surface area contributed by atoms with Crippen LogP contribution in [-0.4, -0.2) is 46.5 Å². The van der Waals surface area contributed by atoms with Gasteiger partial charge in [0.2, 0.25) is 5.91 Å². The lowest BCUT2D eigenvalue weighted by atomic mass is 9.98. The molecular weight excluding hydrogens is 260 g/mol. The Morgan fingerprint density at radius 1 is 1.42 bits per heavy atom. The van der Waals surface area contributed by atoms with Gasteiger partial charge in [0, 0.05) is 20.1 Å². The molecule has 0 unspecified atom stereocenters. The highest BCUT2D eigenvalue weighted by atomic mass is 32.1. The minimum Gasteiger partial charge on any atom is -0.388 e. The third-order valence-corrected chi connectivity index (χ3v) is 3.68. The molecule has 0 aromatic carbocycles. The van der Waals surface area contributed by atoms with Gasteiger partial charge in [-0.3, -0.25) is 4.79 Å². The number of amides is 1. The predicted molar refractivity (Wildman–Crippen MR) is 79.2 cm³/mol. The number of nitrogens with zero attached hydrogens (tertiary/aromatic N) is 3. The number of anilines is 1. The summed E-state index contributed by atoms with van der Waals surface area (Å²) >= 11 is 4.94. The van der Waals surface area contributed by atoms with Crippen molar-refractivity contribution in [1.29, 1.82) is 0 Å². The minimum atomic E-state index is -0.616. The molecule has 2 rings (SSSR count). The molecule has 1 amide bonds. The highest BCUT2D eigenvalue weighted by molar-refractivity contribution is 7.80. The van der Waals surface area contributed by atoms with Crippen LogP contribution in [0.25, 0.3) is 0 Å². The zero-order valence-corrected chi connectivity index (χ0v) is 12.2. The van der Waals surface area contributed by atoms with Crippen LogP contribution in [0.2, 0.25) is 0 Å². The lowest BCUT2D eigenvalue weighted by Crippen LogP contribution is -2.62. The van der Waals surface area contributed by atoms with Gasteiger partial charge in [0.15, 0.2) is 0 Å². The van der Waals surface area contributed by atoms with E-state index in [4.69, 9.17) is 18.0 Å². The molecule has 6 heteroatoms. The fourth-order valence-electron chi connectivity index (χ4n) is 2.33. The number of carbonyl (C=O) groups excluding carboxylic acids is 1. The molecule has 2 heterocycles. The van der Waals surface area contributed by atoms with Crippen molar-refractivity contribution in [1.82, 2.24) is 9.88 Å². The number of rotatable bonds is 2. The monoisotopic (exact) mass is 278 g/mol. The lowest BCUT2D eigenvalue weighted by molar-refractivity contribution is -0.136. The first-order valence-corrected chi connectivity index (χ1v) is 6.55. The number of hydrogen-bond donors (Lipinski definition) is 1. The van der Waals surface area contributed by atoms with E-state index >= 15 is 0 Å². The van der Waals surface area contributed by atoms with Crippen LogP contribution in [0.15, 0.2) is 18.2 Å². The average Bonchev–Trinajstić information content (AvgIpc) is 2.36. The molecule has 0 aliphatic carbocycles. The molecule has 2 N–H and O–H groups in total. The van der Waals surface area contributed by atoms with E-state index in [1.165, 1.54) is 0 Å². The van der Waals surface area contributed by atoms with Crippen LogP contribution >= 0.6 is 12.2 Å². The van der Waals surface area contributed by atoms with E-state index in [0.717, 1.165) is 12.4 Å². The summed E-state index contributed by atoms with van der Waals surface area (Å²) in [7, 11) is 1.82. The Morgan fingerprint density at radius 3 is 2.74 bits per heavy atom. The van der Waals surface area contributed by atoms with Crippen molar-refractivity contribution in [2.24, 2.45) is 5.73 Å². The van der Waals surface area contributed by atoms with Gasteiger partial charge >= 0.3 is 0 Å². The average molecular weight is 278 g/mol. The standard InChI is InChI=1S/C13H18N4OS/c1-13(2)12(18)16(3)7-8-17(13)10-6-4-5-9(15-10)11(14)19/h4-6H,7-8H2,1-3H3,(H2,14,19). The molecule has 5 nitrogen and oxygen atoms in total. The second-order valence-corrected chi connectivity index (χ2v) is 5.62. The topological polar surface area (TPSA) is 62.5 Å². The van der Waals surface area contributed by atoms with E-state index in [0.29, 0.717) is 12.2 Å². The normalized spacial score (nSPS) is 18.6. The Morgan fingerprint density at radius 2 is 2.11 bits per heavy atom. The molecular formula is C13H18N4OS. The Labute approximate surface area is 118 Å². The highest BCUT2D eigenvalue weighted by Gasteiger charge is 2.41. The number of nitrogens with two attached hydrogens (primary N) is 1. The van der Waals surface area contributed by atoms with Crippen LogP contribution in [-0.2, 0) is 4.79 Å². The molecule has 1 fully saturated rings. The van der Waals surface area contributed by atoms with Gasteiger partial charge in [-0.1, -0.05) is 18.3 Å². The van der Waals surface area contributed by atoms with Gasteiger partial charge in [-0.05, 0) is 26.0 Å². The summed E-state index contributed by atoms with van der Waals surface area (Å²) in [6.45, 7) is 5.23. The summed E-state index contributed by atoms with van der Waals surface area (Å²) in [5, 5.41) is 0. The van der Waals surface area contributed by atoms with Crippen molar-refractivity contribution >= 4 is 28.9 Å². The largest absolute Gasteiger partial charge is 0.388 e. The van der Waals surface area contributed by atoms with Gasteiger partial charge in [0.25, 0.3) is 0 Å². The first kappa shape index (κ1) is 13.7. The fraction of sp³-hybridized carbons (Fsp3) is 0.462. The van der Waals surface area contributed by atoms with Crippen molar-refractivity contribution in [2.75, 3.05) is 25.0 Å². The summed E-state index contributed by atoms with van der Waals surface area (Å²) in [4.78, 5) is 20.7.